The molecule has 5 rings (SSSR count). The minimum absolute atomic E-state index is 0.106. The largest absolute Gasteiger partial charge is 0.373 e. The number of nitrogens with two attached hydrogens (primary N) is 1. The number of aromatic nitrogens is 4. The summed E-state index contributed by atoms with van der Waals surface area (Å²) in [6.45, 7) is 0.433. The Morgan fingerprint density at radius 2 is 2.06 bits per heavy atom. The molecule has 0 unspecified atom stereocenters. The molecule has 4 heterocycles. The molecule has 0 saturated carbocycles. The Hall–Kier alpha value is -4.03. The van der Waals surface area contributed by atoms with Crippen LogP contribution in [0.3, 0.4) is 0 Å². The first-order valence-corrected chi connectivity index (χ1v) is 11.2. The fourth-order valence-corrected chi connectivity index (χ4v) is 4.77. The summed E-state index contributed by atoms with van der Waals surface area (Å²) in [4.78, 5) is 30.2. The monoisotopic (exact) mass is 479 g/mol. The molecule has 12 heteroatoms. The molecule has 1 aliphatic rings. The summed E-state index contributed by atoms with van der Waals surface area (Å²) in [7, 11) is 3.42. The van der Waals surface area contributed by atoms with E-state index >= 15 is 0 Å². The number of thiazole rings is 1. The number of primary amides is 1. The van der Waals surface area contributed by atoms with Gasteiger partial charge >= 0.3 is 0 Å². The molecule has 11 nitrogen and oxygen atoms in total. The van der Waals surface area contributed by atoms with Crippen molar-refractivity contribution >= 4 is 34.0 Å². The summed E-state index contributed by atoms with van der Waals surface area (Å²) in [6.07, 6.45) is 2.01. The highest BCUT2D eigenvalue weighted by atomic mass is 32.1. The van der Waals surface area contributed by atoms with E-state index in [0.29, 0.717) is 33.6 Å². The first-order chi connectivity index (χ1) is 16.2. The molecule has 0 bridgehead atoms. The minimum atomic E-state index is -1.71. The molecule has 1 aromatic carbocycles. The second kappa shape index (κ2) is 8.08. The molecule has 2 amide bonds. The van der Waals surface area contributed by atoms with Crippen LogP contribution in [0.2, 0.25) is 0 Å². The molecule has 0 spiro atoms. The molecule has 1 fully saturated rings. The van der Waals surface area contributed by atoms with Crippen LogP contribution in [0.5, 0.6) is 0 Å². The van der Waals surface area contributed by atoms with Crippen molar-refractivity contribution in [3.63, 3.8) is 0 Å². The van der Waals surface area contributed by atoms with Gasteiger partial charge in [0.2, 0.25) is 5.60 Å². The SMILES string of the molecule is CN1CC[C@@](O)(c2cc(-c3cccc(-c4nc(C(N)=O)c(Nc5ccn(C)n5)s4)c3)no2)C1=O. The van der Waals surface area contributed by atoms with E-state index in [1.165, 1.54) is 16.2 Å². The number of carbonyl (C=O) groups is 2. The lowest BCUT2D eigenvalue weighted by molar-refractivity contribution is -0.144. The minimum Gasteiger partial charge on any atom is -0.373 e. The van der Waals surface area contributed by atoms with Gasteiger partial charge in [0.15, 0.2) is 17.3 Å². The van der Waals surface area contributed by atoms with Crippen LogP contribution in [0.1, 0.15) is 22.7 Å². The summed E-state index contributed by atoms with van der Waals surface area (Å²) in [5.74, 6) is -0.403. The zero-order valence-electron chi connectivity index (χ0n) is 18.3. The van der Waals surface area contributed by atoms with Crippen molar-refractivity contribution in [2.75, 3.05) is 18.9 Å². The Balaban J connectivity index is 1.46. The molecule has 1 atom stereocenters. The van der Waals surface area contributed by atoms with Crippen molar-refractivity contribution in [2.24, 2.45) is 12.8 Å². The van der Waals surface area contributed by atoms with Gasteiger partial charge in [-0.05, 0) is 6.07 Å². The Kier molecular flexibility index (Phi) is 5.18. The number of aliphatic hydroxyl groups is 1. The molecular weight excluding hydrogens is 458 g/mol. The highest BCUT2D eigenvalue weighted by Gasteiger charge is 2.48. The summed E-state index contributed by atoms with van der Waals surface area (Å²) >= 11 is 1.27. The quantitative estimate of drug-likeness (QED) is 0.380. The summed E-state index contributed by atoms with van der Waals surface area (Å²) in [6, 6.07) is 10.7. The predicted molar refractivity (Wildman–Crippen MR) is 124 cm³/mol. The second-order valence-corrected chi connectivity index (χ2v) is 9.05. The van der Waals surface area contributed by atoms with E-state index in [2.05, 4.69) is 20.6 Å². The number of benzene rings is 1. The van der Waals surface area contributed by atoms with Gasteiger partial charge in [-0.2, -0.15) is 5.10 Å². The number of hydrogen-bond acceptors (Lipinski definition) is 9. The van der Waals surface area contributed by atoms with Gasteiger partial charge in [0, 0.05) is 56.5 Å². The number of likely N-dealkylation sites (tertiary alicyclic amines) is 1. The normalized spacial score (nSPS) is 18.0. The van der Waals surface area contributed by atoms with E-state index in [-0.39, 0.29) is 17.9 Å². The summed E-state index contributed by atoms with van der Waals surface area (Å²) < 4.78 is 6.99. The van der Waals surface area contributed by atoms with E-state index in [4.69, 9.17) is 10.3 Å². The molecule has 1 saturated heterocycles. The number of amides is 2. The lowest BCUT2D eigenvalue weighted by Crippen LogP contribution is -2.35. The Bertz CT molecular complexity index is 1410. The molecule has 174 valence electrons. The van der Waals surface area contributed by atoms with Crippen LogP contribution in [0.25, 0.3) is 21.8 Å². The van der Waals surface area contributed by atoms with E-state index in [9.17, 15) is 14.7 Å². The lowest BCUT2D eigenvalue weighted by Gasteiger charge is -2.16. The van der Waals surface area contributed by atoms with Gasteiger partial charge in [-0.25, -0.2) is 4.98 Å². The van der Waals surface area contributed by atoms with Gasteiger partial charge in [-0.15, -0.1) is 0 Å². The smallest absolute Gasteiger partial charge is 0.270 e. The molecule has 1 aliphatic heterocycles. The van der Waals surface area contributed by atoms with Gasteiger partial charge in [0.1, 0.15) is 15.7 Å². The summed E-state index contributed by atoms with van der Waals surface area (Å²) in [5.41, 5.74) is 5.85. The van der Waals surface area contributed by atoms with Crippen molar-refractivity contribution in [1.29, 1.82) is 0 Å². The maximum atomic E-state index is 12.4. The number of carbonyl (C=O) groups excluding carboxylic acids is 2. The number of aryl methyl sites for hydroxylation is 1. The number of anilines is 2. The van der Waals surface area contributed by atoms with Crippen LogP contribution in [-0.4, -0.2) is 55.3 Å². The summed E-state index contributed by atoms with van der Waals surface area (Å²) in [5, 5.41) is 23.3. The van der Waals surface area contributed by atoms with Gasteiger partial charge < -0.3 is 25.6 Å². The molecule has 34 heavy (non-hydrogen) atoms. The second-order valence-electron chi connectivity index (χ2n) is 8.05. The third kappa shape index (κ3) is 3.72. The third-order valence-corrected chi connectivity index (χ3v) is 6.67. The van der Waals surface area contributed by atoms with Crippen molar-refractivity contribution in [3.05, 3.63) is 54.0 Å². The van der Waals surface area contributed by atoms with E-state index < -0.39 is 17.4 Å². The Labute approximate surface area is 197 Å². The van der Waals surface area contributed by atoms with Gasteiger partial charge in [-0.1, -0.05) is 34.7 Å². The van der Waals surface area contributed by atoms with Crippen LogP contribution >= 0.6 is 11.3 Å². The first kappa shape index (κ1) is 21.8. The number of likely N-dealkylation sites (N-methyl/N-ethyl adjacent to an activating group) is 1. The maximum absolute atomic E-state index is 12.4. The maximum Gasteiger partial charge on any atom is 0.270 e. The fraction of sp³-hybridized carbons (Fsp3) is 0.227. The molecule has 0 radical (unpaired) electrons. The third-order valence-electron chi connectivity index (χ3n) is 5.65. The average Bonchev–Trinajstić information content (AvgIpc) is 3.60. The highest BCUT2D eigenvalue weighted by molar-refractivity contribution is 7.19. The van der Waals surface area contributed by atoms with Crippen molar-refractivity contribution < 1.29 is 19.2 Å². The fourth-order valence-electron chi connectivity index (χ4n) is 3.79. The van der Waals surface area contributed by atoms with E-state index in [1.807, 2.05) is 24.3 Å². The van der Waals surface area contributed by atoms with Crippen molar-refractivity contribution in [3.8, 4) is 21.8 Å². The van der Waals surface area contributed by atoms with Crippen molar-refractivity contribution in [2.45, 2.75) is 12.0 Å². The molecule has 4 aromatic rings. The standard InChI is InChI=1S/C22H21N7O4S/c1-28-9-7-22(32,21(28)31)15-11-14(27-33-15)12-4-3-5-13(10-12)19-25-17(18(23)30)20(34-19)24-16-6-8-29(2)26-16/h3-6,8,10-11,32H,7,9H2,1-2H3,(H2,23,30)(H,24,26)/t22-/m1/s1. The van der Waals surface area contributed by atoms with Crippen LogP contribution in [0.15, 0.2) is 47.1 Å². The van der Waals surface area contributed by atoms with E-state index in [0.717, 1.165) is 5.56 Å². The average molecular weight is 480 g/mol. The van der Waals surface area contributed by atoms with Crippen LogP contribution in [0.4, 0.5) is 10.8 Å². The number of nitrogens with zero attached hydrogens (tertiary/aromatic N) is 5. The molecule has 0 aliphatic carbocycles. The van der Waals surface area contributed by atoms with E-state index in [1.54, 1.807) is 37.1 Å². The number of hydrogen-bond donors (Lipinski definition) is 3. The first-order valence-electron chi connectivity index (χ1n) is 10.4. The lowest BCUT2D eigenvalue weighted by atomic mass is 9.98. The molecule has 3 aromatic heterocycles. The molecule has 4 N–H and O–H groups in total. The predicted octanol–water partition coefficient (Wildman–Crippen LogP) is 2.09. The highest BCUT2D eigenvalue weighted by Crippen LogP contribution is 2.37. The van der Waals surface area contributed by atoms with Crippen LogP contribution < -0.4 is 11.1 Å². The zero-order valence-corrected chi connectivity index (χ0v) is 19.2. The van der Waals surface area contributed by atoms with Crippen LogP contribution in [-0.2, 0) is 17.4 Å². The zero-order chi connectivity index (χ0) is 24.0. The number of nitrogens with one attached hydrogen (secondary N) is 1. The number of rotatable bonds is 6. The Morgan fingerprint density at radius 3 is 2.74 bits per heavy atom. The topological polar surface area (TPSA) is 152 Å². The van der Waals surface area contributed by atoms with Gasteiger partial charge in [-0.3, -0.25) is 14.3 Å². The van der Waals surface area contributed by atoms with Gasteiger partial charge in [0.25, 0.3) is 11.8 Å². The van der Waals surface area contributed by atoms with Crippen LogP contribution in [0, 0.1) is 0 Å². The van der Waals surface area contributed by atoms with Gasteiger partial charge in [0.05, 0.1) is 0 Å². The van der Waals surface area contributed by atoms with Crippen molar-refractivity contribution in [1.82, 2.24) is 24.8 Å². The Morgan fingerprint density at radius 1 is 1.26 bits per heavy atom. The molecular formula is C22H21N7O4S.